The van der Waals surface area contributed by atoms with Gasteiger partial charge in [-0.1, -0.05) is 17.7 Å². The van der Waals surface area contributed by atoms with Gasteiger partial charge in [-0.25, -0.2) is 15.0 Å². The number of hydrogen-bond donors (Lipinski definition) is 2. The van der Waals surface area contributed by atoms with Crippen LogP contribution in [0.15, 0.2) is 37.1 Å². The zero-order chi connectivity index (χ0) is 15.8. The van der Waals surface area contributed by atoms with Gasteiger partial charge in [0.2, 0.25) is 0 Å². The van der Waals surface area contributed by atoms with Gasteiger partial charge >= 0.3 is 0 Å². The van der Waals surface area contributed by atoms with E-state index in [1.807, 2.05) is 19.2 Å². The zero-order valence-corrected chi connectivity index (χ0v) is 13.3. The first-order valence-corrected chi connectivity index (χ1v) is 7.71. The summed E-state index contributed by atoms with van der Waals surface area (Å²) in [6.07, 6.45) is 6.18. The van der Waals surface area contributed by atoms with E-state index in [0.29, 0.717) is 5.65 Å². The van der Waals surface area contributed by atoms with Gasteiger partial charge in [-0.3, -0.25) is 0 Å². The fourth-order valence-corrected chi connectivity index (χ4v) is 3.02. The smallest absolute Gasteiger partial charge is 0.182 e. The third kappa shape index (κ3) is 2.51. The van der Waals surface area contributed by atoms with Crippen molar-refractivity contribution in [1.29, 1.82) is 0 Å². The number of nitrogens with one attached hydrogen (secondary N) is 2. The van der Waals surface area contributed by atoms with Crippen LogP contribution in [0, 0.1) is 0 Å². The normalized spacial score (nSPS) is 11.4. The predicted octanol–water partition coefficient (Wildman–Crippen LogP) is 3.15. The van der Waals surface area contributed by atoms with Crippen LogP contribution >= 0.6 is 11.6 Å². The Labute approximate surface area is 137 Å². The van der Waals surface area contributed by atoms with E-state index in [4.69, 9.17) is 11.6 Å². The van der Waals surface area contributed by atoms with Gasteiger partial charge in [0.25, 0.3) is 0 Å². The van der Waals surface area contributed by atoms with Crippen molar-refractivity contribution >= 4 is 39.5 Å². The summed E-state index contributed by atoms with van der Waals surface area (Å²) < 4.78 is 2.11. The number of aromatic amines is 1. The molecule has 0 bridgehead atoms. The number of halogens is 1. The molecular weight excluding hydrogens is 312 g/mol. The van der Waals surface area contributed by atoms with E-state index < -0.39 is 0 Å². The molecule has 0 amide bonds. The largest absolute Gasteiger partial charge is 0.368 e. The summed E-state index contributed by atoms with van der Waals surface area (Å²) in [5.74, 6) is 0.774. The van der Waals surface area contributed by atoms with Crippen molar-refractivity contribution in [3.05, 3.63) is 47.6 Å². The fraction of sp³-hybridized carbons (Fsp3) is 0.188. The van der Waals surface area contributed by atoms with Crippen LogP contribution in [0.25, 0.3) is 22.1 Å². The Morgan fingerprint density at radius 1 is 1.26 bits per heavy atom. The van der Waals surface area contributed by atoms with Crippen molar-refractivity contribution in [2.45, 2.75) is 6.42 Å². The maximum atomic E-state index is 6.08. The number of hydrogen-bond acceptors (Lipinski definition) is 4. The lowest BCUT2D eigenvalue weighted by molar-refractivity contribution is 0.941. The molecule has 1 aromatic carbocycles. The topological polar surface area (TPSA) is 71.4 Å². The van der Waals surface area contributed by atoms with Crippen LogP contribution in [-0.2, 0) is 13.5 Å². The number of nitrogens with zero attached hydrogens (tertiary/aromatic N) is 4. The SMILES string of the molecule is Cn1cc(CCNc2ncnc3nc[nH]c23)c2ccc(Cl)cc21. The molecule has 0 atom stereocenters. The standard InChI is InChI=1S/C16H15ClN6/c1-23-7-10(12-3-2-11(17)6-13(12)23)4-5-18-15-14-16(20-8-19-14)22-9-21-15/h2-3,6-9H,4-5H2,1H3,(H2,18,19,20,21,22). The molecule has 2 N–H and O–H groups in total. The van der Waals surface area contributed by atoms with Crippen LogP contribution < -0.4 is 5.32 Å². The highest BCUT2D eigenvalue weighted by Crippen LogP contribution is 2.24. The Bertz CT molecular complexity index is 987. The van der Waals surface area contributed by atoms with Gasteiger partial charge in [-0.2, -0.15) is 0 Å². The van der Waals surface area contributed by atoms with E-state index >= 15 is 0 Å². The lowest BCUT2D eigenvalue weighted by Gasteiger charge is -2.05. The molecule has 23 heavy (non-hydrogen) atoms. The van der Waals surface area contributed by atoms with Crippen molar-refractivity contribution in [1.82, 2.24) is 24.5 Å². The summed E-state index contributed by atoms with van der Waals surface area (Å²) in [5.41, 5.74) is 3.92. The molecule has 0 radical (unpaired) electrons. The number of rotatable bonds is 4. The molecule has 0 spiro atoms. The van der Waals surface area contributed by atoms with Crippen LogP contribution in [-0.4, -0.2) is 31.0 Å². The van der Waals surface area contributed by atoms with Crippen molar-refractivity contribution in [3.8, 4) is 0 Å². The summed E-state index contributed by atoms with van der Waals surface area (Å²) in [5, 5.41) is 5.34. The number of aryl methyl sites for hydroxylation is 1. The molecule has 4 aromatic rings. The van der Waals surface area contributed by atoms with E-state index in [0.717, 1.165) is 34.8 Å². The highest BCUT2D eigenvalue weighted by Gasteiger charge is 2.08. The quantitative estimate of drug-likeness (QED) is 0.604. The Kier molecular flexibility index (Phi) is 3.38. The van der Waals surface area contributed by atoms with E-state index in [-0.39, 0.29) is 0 Å². The highest BCUT2D eigenvalue weighted by molar-refractivity contribution is 6.31. The maximum Gasteiger partial charge on any atom is 0.182 e. The van der Waals surface area contributed by atoms with Gasteiger partial charge in [0.05, 0.1) is 6.33 Å². The van der Waals surface area contributed by atoms with Gasteiger partial charge in [0.1, 0.15) is 11.8 Å². The first-order chi connectivity index (χ1) is 11.2. The summed E-state index contributed by atoms with van der Waals surface area (Å²) >= 11 is 6.08. The molecule has 4 rings (SSSR count). The van der Waals surface area contributed by atoms with Crippen LogP contribution in [0.1, 0.15) is 5.56 Å². The van der Waals surface area contributed by atoms with E-state index in [9.17, 15) is 0 Å². The molecule has 0 aliphatic heterocycles. The molecule has 0 aliphatic carbocycles. The minimum atomic E-state index is 0.669. The van der Waals surface area contributed by atoms with Crippen LogP contribution in [0.5, 0.6) is 0 Å². The van der Waals surface area contributed by atoms with Crippen LogP contribution in [0.3, 0.4) is 0 Å². The first kappa shape index (κ1) is 14.0. The highest BCUT2D eigenvalue weighted by atomic mass is 35.5. The molecule has 6 nitrogen and oxygen atoms in total. The molecule has 0 unspecified atom stereocenters. The number of anilines is 1. The maximum absolute atomic E-state index is 6.08. The Balaban J connectivity index is 1.55. The molecule has 3 aromatic heterocycles. The average Bonchev–Trinajstić information content (AvgIpc) is 3.13. The Hall–Kier alpha value is -2.60. The zero-order valence-electron chi connectivity index (χ0n) is 12.5. The third-order valence-corrected chi connectivity index (χ3v) is 4.18. The summed E-state index contributed by atoms with van der Waals surface area (Å²) in [6, 6.07) is 6.00. The number of aromatic nitrogens is 5. The molecule has 0 fully saturated rings. The molecule has 116 valence electrons. The second-order valence-corrected chi connectivity index (χ2v) is 5.86. The monoisotopic (exact) mass is 326 g/mol. The summed E-state index contributed by atoms with van der Waals surface area (Å²) in [4.78, 5) is 15.6. The summed E-state index contributed by atoms with van der Waals surface area (Å²) in [7, 11) is 2.04. The van der Waals surface area contributed by atoms with Crippen LogP contribution in [0.4, 0.5) is 5.82 Å². The second-order valence-electron chi connectivity index (χ2n) is 5.43. The van der Waals surface area contributed by atoms with Crippen molar-refractivity contribution in [2.75, 3.05) is 11.9 Å². The van der Waals surface area contributed by atoms with E-state index in [1.165, 1.54) is 17.3 Å². The van der Waals surface area contributed by atoms with E-state index in [2.05, 4.69) is 42.1 Å². The number of benzene rings is 1. The average molecular weight is 327 g/mol. The predicted molar refractivity (Wildman–Crippen MR) is 91.8 cm³/mol. The van der Waals surface area contributed by atoms with Gasteiger partial charge in [0.15, 0.2) is 11.5 Å². The van der Waals surface area contributed by atoms with Crippen molar-refractivity contribution in [3.63, 3.8) is 0 Å². The number of H-pyrrole nitrogens is 1. The lowest BCUT2D eigenvalue weighted by Crippen LogP contribution is -2.07. The molecule has 3 heterocycles. The van der Waals surface area contributed by atoms with Gasteiger partial charge in [0, 0.05) is 35.7 Å². The van der Waals surface area contributed by atoms with Gasteiger partial charge in [-0.15, -0.1) is 0 Å². The van der Waals surface area contributed by atoms with Crippen molar-refractivity contribution in [2.24, 2.45) is 7.05 Å². The molecule has 0 aliphatic rings. The minimum Gasteiger partial charge on any atom is -0.368 e. The van der Waals surface area contributed by atoms with Gasteiger partial charge < -0.3 is 14.9 Å². The Morgan fingerprint density at radius 2 is 2.17 bits per heavy atom. The third-order valence-electron chi connectivity index (χ3n) is 3.94. The molecule has 0 saturated carbocycles. The van der Waals surface area contributed by atoms with Crippen molar-refractivity contribution < 1.29 is 0 Å². The summed E-state index contributed by atoms with van der Waals surface area (Å²) in [6.45, 7) is 0.771. The number of imidazole rings is 1. The molecule has 0 saturated heterocycles. The number of fused-ring (bicyclic) bond motifs is 2. The minimum absolute atomic E-state index is 0.669. The van der Waals surface area contributed by atoms with Gasteiger partial charge in [-0.05, 0) is 24.1 Å². The second kappa shape index (κ2) is 5.55. The molecular formula is C16H15ClN6. The van der Waals surface area contributed by atoms with Crippen LogP contribution in [0.2, 0.25) is 5.02 Å². The lowest BCUT2D eigenvalue weighted by atomic mass is 10.1. The first-order valence-electron chi connectivity index (χ1n) is 7.34. The fourth-order valence-electron chi connectivity index (χ4n) is 2.85. The Morgan fingerprint density at radius 3 is 3.09 bits per heavy atom. The molecule has 7 heteroatoms. The van der Waals surface area contributed by atoms with E-state index in [1.54, 1.807) is 6.33 Å².